The average molecular weight is 419 g/mol. The molecule has 3 rings (SSSR count). The molecule has 3 fully saturated rings. The molecule has 0 aromatic heterocycles. The number of hydrogen-bond donors (Lipinski definition) is 6. The molecule has 0 aromatic rings. The molecule has 2 aliphatic carbocycles. The highest BCUT2D eigenvalue weighted by atomic mass is 16.7. The Balaban J connectivity index is 1.74. The molecule has 8 nitrogen and oxygen atoms in total. The highest BCUT2D eigenvalue weighted by molar-refractivity contribution is 5.07. The fraction of sp³-hybridized carbons (Fsp3) is 1.00. The molecule has 170 valence electrons. The SMILES string of the molecule is CC(C)(O[C@@H]1O[C@H](CO)[C@@H](O)[C@H](O)[C@H]1O)[C@@H]1CC[C@]2(C)[C@@H](C1)[C@@](C)(O)CC[C@@H]2O. The lowest BCUT2D eigenvalue weighted by Crippen LogP contribution is -2.62. The van der Waals surface area contributed by atoms with E-state index in [4.69, 9.17) is 9.47 Å². The molecule has 1 saturated heterocycles. The van der Waals surface area contributed by atoms with Gasteiger partial charge in [-0.15, -0.1) is 0 Å². The van der Waals surface area contributed by atoms with Gasteiger partial charge in [0.15, 0.2) is 6.29 Å². The van der Waals surface area contributed by atoms with Crippen LogP contribution in [0.25, 0.3) is 0 Å². The van der Waals surface area contributed by atoms with Crippen LogP contribution in [0.2, 0.25) is 0 Å². The van der Waals surface area contributed by atoms with Crippen LogP contribution in [-0.4, -0.2) is 85.3 Å². The van der Waals surface area contributed by atoms with Crippen molar-refractivity contribution in [3.8, 4) is 0 Å². The van der Waals surface area contributed by atoms with Crippen LogP contribution in [0, 0.1) is 17.3 Å². The van der Waals surface area contributed by atoms with Gasteiger partial charge in [-0.25, -0.2) is 0 Å². The summed E-state index contributed by atoms with van der Waals surface area (Å²) in [5, 5.41) is 61.3. The summed E-state index contributed by atoms with van der Waals surface area (Å²) in [6.45, 7) is 7.16. The van der Waals surface area contributed by atoms with Crippen LogP contribution in [0.1, 0.15) is 59.8 Å². The molecule has 3 aliphatic rings. The number of hydrogen-bond acceptors (Lipinski definition) is 8. The second-order valence-corrected chi connectivity index (χ2v) is 10.4. The molecule has 0 unspecified atom stereocenters. The van der Waals surface area contributed by atoms with E-state index in [0.29, 0.717) is 19.3 Å². The van der Waals surface area contributed by atoms with Gasteiger partial charge in [0, 0.05) is 0 Å². The van der Waals surface area contributed by atoms with E-state index in [1.807, 2.05) is 20.8 Å². The second kappa shape index (κ2) is 7.98. The van der Waals surface area contributed by atoms with Crippen LogP contribution in [0.4, 0.5) is 0 Å². The zero-order valence-corrected chi connectivity index (χ0v) is 17.9. The van der Waals surface area contributed by atoms with E-state index in [1.165, 1.54) is 0 Å². The lowest BCUT2D eigenvalue weighted by atomic mass is 9.51. The smallest absolute Gasteiger partial charge is 0.187 e. The molecule has 10 atom stereocenters. The maximum absolute atomic E-state index is 11.0. The monoisotopic (exact) mass is 418 g/mol. The standard InChI is InChI=1S/C21H38O8/c1-19(2,29-18-17(26)16(25)15(24)12(10-22)28-18)11-5-7-20(3)13(9-11)21(4,27)8-6-14(20)23/h11-18,22-27H,5-10H2,1-4H3/t11-,12-,13-,14+,15-,16+,17-,18+,20-,21+/m1/s1. The minimum Gasteiger partial charge on any atom is -0.394 e. The Kier molecular flexibility index (Phi) is 6.43. The lowest BCUT2D eigenvalue weighted by molar-refractivity contribution is -0.331. The summed E-state index contributed by atoms with van der Waals surface area (Å²) in [5.41, 5.74) is -1.98. The third kappa shape index (κ3) is 4.11. The molecule has 1 aliphatic heterocycles. The van der Waals surface area contributed by atoms with Crippen molar-refractivity contribution in [2.24, 2.45) is 17.3 Å². The summed E-state index contributed by atoms with van der Waals surface area (Å²) in [7, 11) is 0. The number of ether oxygens (including phenoxy) is 2. The first-order chi connectivity index (χ1) is 13.3. The van der Waals surface area contributed by atoms with Crippen molar-refractivity contribution in [1.82, 2.24) is 0 Å². The average Bonchev–Trinajstić information content (AvgIpc) is 2.65. The molecule has 0 spiro atoms. The molecule has 0 amide bonds. The molecule has 0 bridgehead atoms. The molecule has 2 saturated carbocycles. The van der Waals surface area contributed by atoms with E-state index in [9.17, 15) is 30.6 Å². The first-order valence-corrected chi connectivity index (χ1v) is 10.7. The molecule has 1 heterocycles. The van der Waals surface area contributed by atoms with Gasteiger partial charge >= 0.3 is 0 Å². The highest BCUT2D eigenvalue weighted by Crippen LogP contribution is 2.57. The van der Waals surface area contributed by atoms with Gasteiger partial charge in [-0.3, -0.25) is 0 Å². The Hall–Kier alpha value is -0.320. The van der Waals surface area contributed by atoms with Gasteiger partial charge < -0.3 is 40.1 Å². The van der Waals surface area contributed by atoms with Crippen LogP contribution in [0.5, 0.6) is 0 Å². The predicted molar refractivity (Wildman–Crippen MR) is 104 cm³/mol. The van der Waals surface area contributed by atoms with Crippen LogP contribution in [-0.2, 0) is 9.47 Å². The number of rotatable bonds is 4. The van der Waals surface area contributed by atoms with Crippen molar-refractivity contribution in [2.45, 2.75) is 108 Å². The Labute approximate surface area is 172 Å². The second-order valence-electron chi connectivity index (χ2n) is 10.4. The Morgan fingerprint density at radius 2 is 1.66 bits per heavy atom. The van der Waals surface area contributed by atoms with E-state index in [1.54, 1.807) is 0 Å². The van der Waals surface area contributed by atoms with Crippen LogP contribution in [0.3, 0.4) is 0 Å². The summed E-state index contributed by atoms with van der Waals surface area (Å²) >= 11 is 0. The summed E-state index contributed by atoms with van der Waals surface area (Å²) in [6, 6.07) is 0. The largest absolute Gasteiger partial charge is 0.394 e. The van der Waals surface area contributed by atoms with Gasteiger partial charge in [0.25, 0.3) is 0 Å². The van der Waals surface area contributed by atoms with E-state index >= 15 is 0 Å². The maximum atomic E-state index is 11.0. The Morgan fingerprint density at radius 1 is 1.00 bits per heavy atom. The molecule has 6 N–H and O–H groups in total. The van der Waals surface area contributed by atoms with Crippen LogP contribution < -0.4 is 0 Å². The molecular weight excluding hydrogens is 380 g/mol. The Morgan fingerprint density at radius 3 is 2.28 bits per heavy atom. The van der Waals surface area contributed by atoms with Gasteiger partial charge in [0.05, 0.1) is 23.9 Å². The van der Waals surface area contributed by atoms with E-state index in [2.05, 4.69) is 6.92 Å². The van der Waals surface area contributed by atoms with Gasteiger partial charge in [-0.1, -0.05) is 6.92 Å². The third-order valence-corrected chi connectivity index (χ3v) is 8.04. The molecule has 0 aromatic carbocycles. The van der Waals surface area contributed by atoms with Gasteiger partial charge in [0.1, 0.15) is 24.4 Å². The zero-order valence-electron chi connectivity index (χ0n) is 17.9. The van der Waals surface area contributed by atoms with Crippen LogP contribution >= 0.6 is 0 Å². The molecule has 8 heteroatoms. The predicted octanol–water partition coefficient (Wildman–Crippen LogP) is -0.0902. The minimum absolute atomic E-state index is 0.0321. The highest BCUT2D eigenvalue weighted by Gasteiger charge is 2.57. The van der Waals surface area contributed by atoms with Gasteiger partial charge in [0.2, 0.25) is 0 Å². The van der Waals surface area contributed by atoms with Gasteiger partial charge in [-0.05, 0) is 70.1 Å². The van der Waals surface area contributed by atoms with Crippen molar-refractivity contribution in [2.75, 3.05) is 6.61 Å². The molecule has 0 radical (unpaired) electrons. The fourth-order valence-electron chi connectivity index (χ4n) is 5.82. The summed E-state index contributed by atoms with van der Waals surface area (Å²) < 4.78 is 11.6. The normalized spacial score (nSPS) is 51.5. The zero-order chi connectivity index (χ0) is 21.8. The maximum Gasteiger partial charge on any atom is 0.187 e. The Bertz CT molecular complexity index is 579. The van der Waals surface area contributed by atoms with E-state index < -0.39 is 54.6 Å². The summed E-state index contributed by atoms with van der Waals surface area (Å²) in [6.07, 6.45) is -3.66. The van der Waals surface area contributed by atoms with Crippen molar-refractivity contribution >= 4 is 0 Å². The van der Waals surface area contributed by atoms with Crippen molar-refractivity contribution in [1.29, 1.82) is 0 Å². The van der Waals surface area contributed by atoms with Crippen molar-refractivity contribution in [3.05, 3.63) is 0 Å². The van der Waals surface area contributed by atoms with Crippen LogP contribution in [0.15, 0.2) is 0 Å². The van der Waals surface area contributed by atoms with Crippen molar-refractivity contribution < 1.29 is 40.1 Å². The summed E-state index contributed by atoms with van der Waals surface area (Å²) in [4.78, 5) is 0. The first-order valence-electron chi connectivity index (χ1n) is 10.7. The quantitative estimate of drug-likeness (QED) is 0.372. The van der Waals surface area contributed by atoms with E-state index in [-0.39, 0.29) is 17.3 Å². The fourth-order valence-corrected chi connectivity index (χ4v) is 5.82. The topological polar surface area (TPSA) is 140 Å². The minimum atomic E-state index is -1.48. The van der Waals surface area contributed by atoms with Gasteiger partial charge in [-0.2, -0.15) is 0 Å². The number of aliphatic hydroxyl groups is 6. The lowest BCUT2D eigenvalue weighted by Gasteiger charge is -2.58. The summed E-state index contributed by atoms with van der Waals surface area (Å²) in [5.74, 6) is -0.0557. The first kappa shape index (κ1) is 23.3. The number of fused-ring (bicyclic) bond motifs is 1. The van der Waals surface area contributed by atoms with Crippen molar-refractivity contribution in [3.63, 3.8) is 0 Å². The number of aliphatic hydroxyl groups excluding tert-OH is 5. The molecule has 29 heavy (non-hydrogen) atoms. The molecular formula is C21H38O8. The van der Waals surface area contributed by atoms with E-state index in [0.717, 1.165) is 12.8 Å². The third-order valence-electron chi connectivity index (χ3n) is 8.04.